The second-order valence-corrected chi connectivity index (χ2v) is 7.59. The molecule has 0 aliphatic carbocycles. The number of carbonyl (C=O) groups is 1. The molecular formula is C20H31N3O2. The van der Waals surface area contributed by atoms with E-state index in [0.29, 0.717) is 12.6 Å². The molecule has 1 aromatic rings. The number of rotatable bonds is 6. The maximum absolute atomic E-state index is 12.5. The number of carbonyl (C=O) groups excluding carboxylic acids is 1. The molecule has 0 saturated carbocycles. The van der Waals surface area contributed by atoms with Crippen molar-refractivity contribution in [1.82, 2.24) is 15.1 Å². The smallest absolute Gasteiger partial charge is 0.234 e. The van der Waals surface area contributed by atoms with E-state index in [4.69, 9.17) is 0 Å². The van der Waals surface area contributed by atoms with Crippen molar-refractivity contribution in [3.05, 3.63) is 35.9 Å². The topological polar surface area (TPSA) is 55.8 Å². The Bertz CT molecular complexity index is 551. The zero-order valence-electron chi connectivity index (χ0n) is 15.2. The minimum Gasteiger partial charge on any atom is -0.396 e. The average Bonchev–Trinajstić information content (AvgIpc) is 3.01. The summed E-state index contributed by atoms with van der Waals surface area (Å²) in [4.78, 5) is 17.1. The molecule has 5 heteroatoms. The molecule has 2 fully saturated rings. The van der Waals surface area contributed by atoms with Crippen LogP contribution >= 0.6 is 0 Å². The third-order valence-electron chi connectivity index (χ3n) is 5.71. The summed E-state index contributed by atoms with van der Waals surface area (Å²) in [5, 5.41) is 12.9. The summed E-state index contributed by atoms with van der Waals surface area (Å²) >= 11 is 0. The van der Waals surface area contributed by atoms with Gasteiger partial charge in [0, 0.05) is 37.7 Å². The normalized spacial score (nSPS) is 28.2. The van der Waals surface area contributed by atoms with E-state index in [0.717, 1.165) is 32.6 Å². The van der Waals surface area contributed by atoms with E-state index in [1.807, 2.05) is 6.07 Å². The average molecular weight is 345 g/mol. The summed E-state index contributed by atoms with van der Waals surface area (Å²) in [6, 6.07) is 11.0. The van der Waals surface area contributed by atoms with Crippen LogP contribution in [-0.2, 0) is 11.3 Å². The van der Waals surface area contributed by atoms with Gasteiger partial charge in [0.2, 0.25) is 5.91 Å². The maximum Gasteiger partial charge on any atom is 0.234 e. The molecule has 2 aliphatic heterocycles. The molecule has 3 rings (SSSR count). The van der Waals surface area contributed by atoms with Crippen molar-refractivity contribution in [2.45, 2.75) is 44.8 Å². The molecule has 0 bridgehead atoms. The summed E-state index contributed by atoms with van der Waals surface area (Å²) < 4.78 is 0. The van der Waals surface area contributed by atoms with Crippen LogP contribution < -0.4 is 5.32 Å². The first-order valence-corrected chi connectivity index (χ1v) is 9.56. The van der Waals surface area contributed by atoms with Crippen molar-refractivity contribution in [2.24, 2.45) is 5.92 Å². The summed E-state index contributed by atoms with van der Waals surface area (Å²) in [6.45, 7) is 6.51. The van der Waals surface area contributed by atoms with Gasteiger partial charge in [-0.2, -0.15) is 0 Å². The first kappa shape index (κ1) is 18.4. The highest BCUT2D eigenvalue weighted by Crippen LogP contribution is 2.20. The second kappa shape index (κ2) is 8.79. The van der Waals surface area contributed by atoms with E-state index >= 15 is 0 Å². The van der Waals surface area contributed by atoms with E-state index in [1.54, 1.807) is 0 Å². The van der Waals surface area contributed by atoms with Crippen LogP contribution in [0.25, 0.3) is 0 Å². The number of hydrogen-bond donors (Lipinski definition) is 2. The fraction of sp³-hybridized carbons (Fsp3) is 0.650. The standard InChI is InChI=1S/C20H31N3O2/c1-16-6-5-10-23(16)14-20(25)21-19-13-22(11-9-18(19)15-24)12-17-7-3-2-4-8-17/h2-4,7-8,16,18-19,24H,5-6,9-15H2,1H3,(H,21,25)/t16-,18-,19+/m1/s1. The lowest BCUT2D eigenvalue weighted by atomic mass is 9.92. The van der Waals surface area contributed by atoms with Crippen molar-refractivity contribution in [2.75, 3.05) is 32.8 Å². The molecule has 0 aromatic heterocycles. The molecule has 2 N–H and O–H groups in total. The van der Waals surface area contributed by atoms with Crippen molar-refractivity contribution >= 4 is 5.91 Å². The Balaban J connectivity index is 1.54. The number of hydrogen-bond acceptors (Lipinski definition) is 4. The van der Waals surface area contributed by atoms with E-state index in [2.05, 4.69) is 46.3 Å². The monoisotopic (exact) mass is 345 g/mol. The predicted octanol–water partition coefficient (Wildman–Crippen LogP) is 1.47. The third kappa shape index (κ3) is 5.03. The molecule has 2 saturated heterocycles. The highest BCUT2D eigenvalue weighted by Gasteiger charge is 2.31. The number of benzene rings is 1. The van der Waals surface area contributed by atoms with Crippen molar-refractivity contribution in [3.8, 4) is 0 Å². The SMILES string of the molecule is C[C@@H]1CCCN1CC(=O)N[C@H]1CN(Cc2ccccc2)CC[C@@H]1CO. The van der Waals surface area contributed by atoms with Gasteiger partial charge in [-0.1, -0.05) is 30.3 Å². The van der Waals surface area contributed by atoms with Gasteiger partial charge < -0.3 is 10.4 Å². The van der Waals surface area contributed by atoms with Gasteiger partial charge in [0.15, 0.2) is 0 Å². The van der Waals surface area contributed by atoms with Crippen molar-refractivity contribution in [1.29, 1.82) is 0 Å². The predicted molar refractivity (Wildman–Crippen MR) is 99.1 cm³/mol. The van der Waals surface area contributed by atoms with Gasteiger partial charge in [-0.15, -0.1) is 0 Å². The first-order chi connectivity index (χ1) is 12.2. The zero-order valence-corrected chi connectivity index (χ0v) is 15.2. The summed E-state index contributed by atoms with van der Waals surface area (Å²) in [7, 11) is 0. The highest BCUT2D eigenvalue weighted by atomic mass is 16.3. The second-order valence-electron chi connectivity index (χ2n) is 7.59. The number of likely N-dealkylation sites (tertiary alicyclic amines) is 2. The fourth-order valence-corrected chi connectivity index (χ4v) is 4.10. The molecule has 2 aliphatic rings. The van der Waals surface area contributed by atoms with E-state index in [1.165, 1.54) is 18.4 Å². The Morgan fingerprint density at radius 3 is 2.72 bits per heavy atom. The van der Waals surface area contributed by atoms with Crippen LogP contribution in [0.1, 0.15) is 31.7 Å². The Kier molecular flexibility index (Phi) is 6.45. The van der Waals surface area contributed by atoms with Gasteiger partial charge in [-0.3, -0.25) is 14.6 Å². The van der Waals surface area contributed by atoms with Crippen LogP contribution in [0.15, 0.2) is 30.3 Å². The summed E-state index contributed by atoms with van der Waals surface area (Å²) in [6.07, 6.45) is 3.29. The quantitative estimate of drug-likeness (QED) is 0.820. The van der Waals surface area contributed by atoms with Gasteiger partial charge in [0.25, 0.3) is 0 Å². The molecule has 0 spiro atoms. The van der Waals surface area contributed by atoms with E-state index < -0.39 is 0 Å². The van der Waals surface area contributed by atoms with Crippen molar-refractivity contribution < 1.29 is 9.90 Å². The fourth-order valence-electron chi connectivity index (χ4n) is 4.10. The molecule has 0 radical (unpaired) electrons. The van der Waals surface area contributed by atoms with Gasteiger partial charge in [-0.25, -0.2) is 0 Å². The third-order valence-corrected chi connectivity index (χ3v) is 5.71. The van der Waals surface area contributed by atoms with Crippen molar-refractivity contribution in [3.63, 3.8) is 0 Å². The number of piperidine rings is 1. The van der Waals surface area contributed by atoms with Gasteiger partial charge >= 0.3 is 0 Å². The minimum atomic E-state index is 0.0351. The lowest BCUT2D eigenvalue weighted by Crippen LogP contribution is -2.55. The lowest BCUT2D eigenvalue weighted by molar-refractivity contribution is -0.124. The molecule has 2 heterocycles. The van der Waals surface area contributed by atoms with Crippen LogP contribution in [0.4, 0.5) is 0 Å². The van der Waals surface area contributed by atoms with Crippen LogP contribution in [0, 0.1) is 5.92 Å². The first-order valence-electron chi connectivity index (χ1n) is 9.56. The van der Waals surface area contributed by atoms with E-state index in [9.17, 15) is 9.90 Å². The van der Waals surface area contributed by atoms with Gasteiger partial charge in [0.1, 0.15) is 0 Å². The minimum absolute atomic E-state index is 0.0351. The highest BCUT2D eigenvalue weighted by molar-refractivity contribution is 5.78. The summed E-state index contributed by atoms with van der Waals surface area (Å²) in [5.41, 5.74) is 1.29. The molecular weight excluding hydrogens is 314 g/mol. The van der Waals surface area contributed by atoms with E-state index in [-0.39, 0.29) is 24.5 Å². The number of nitrogens with zero attached hydrogens (tertiary/aromatic N) is 2. The molecule has 25 heavy (non-hydrogen) atoms. The molecule has 138 valence electrons. The summed E-state index contributed by atoms with van der Waals surface area (Å²) in [5.74, 6) is 0.255. The Morgan fingerprint density at radius 1 is 1.24 bits per heavy atom. The Hall–Kier alpha value is -1.43. The Morgan fingerprint density at radius 2 is 2.04 bits per heavy atom. The Labute approximate surface area is 151 Å². The molecule has 5 nitrogen and oxygen atoms in total. The van der Waals surface area contributed by atoms with Crippen LogP contribution in [0.3, 0.4) is 0 Å². The number of aliphatic hydroxyl groups excluding tert-OH is 1. The molecule has 3 atom stereocenters. The van der Waals surface area contributed by atoms with Crippen LogP contribution in [0.5, 0.6) is 0 Å². The zero-order chi connectivity index (χ0) is 17.6. The number of nitrogens with one attached hydrogen (secondary N) is 1. The van der Waals surface area contributed by atoms with Gasteiger partial charge in [0.05, 0.1) is 6.54 Å². The molecule has 0 unspecified atom stereocenters. The van der Waals surface area contributed by atoms with Crippen LogP contribution in [-0.4, -0.2) is 65.7 Å². The van der Waals surface area contributed by atoms with Gasteiger partial charge in [-0.05, 0) is 44.8 Å². The lowest BCUT2D eigenvalue weighted by Gasteiger charge is -2.38. The largest absolute Gasteiger partial charge is 0.396 e. The maximum atomic E-state index is 12.5. The van der Waals surface area contributed by atoms with Crippen LogP contribution in [0.2, 0.25) is 0 Å². The number of aliphatic hydroxyl groups is 1. The molecule has 1 amide bonds. The molecule has 1 aromatic carbocycles. The number of amides is 1.